The number of hydrogen-bond donors (Lipinski definition) is 1. The van der Waals surface area contributed by atoms with Crippen LogP contribution in [0.2, 0.25) is 0 Å². The van der Waals surface area contributed by atoms with Crippen molar-refractivity contribution in [2.45, 2.75) is 26.3 Å². The Kier molecular flexibility index (Phi) is 5.21. The van der Waals surface area contributed by atoms with Gasteiger partial charge in [-0.05, 0) is 37.1 Å². The van der Waals surface area contributed by atoms with Crippen LogP contribution < -0.4 is 10.1 Å². The topological polar surface area (TPSA) is 60.3 Å². The molecule has 23 heavy (non-hydrogen) atoms. The van der Waals surface area contributed by atoms with Crippen molar-refractivity contribution in [1.29, 1.82) is 0 Å². The molecule has 0 aliphatic heterocycles. The zero-order valence-corrected chi connectivity index (χ0v) is 13.9. The van der Waals surface area contributed by atoms with Gasteiger partial charge in [0.05, 0.1) is 13.2 Å². The molecule has 2 aromatic rings. The van der Waals surface area contributed by atoms with Crippen molar-refractivity contribution in [1.82, 2.24) is 9.88 Å². The standard InChI is InChI=1S/C18H22N2O3/c1-5-16(13-6-8-15(23-4)9-7-13)19-18(22)17-10-14(12(2)21)11-20(17)3/h6-11,16H,5H2,1-4H3,(H,19,22). The predicted octanol–water partition coefficient (Wildman–Crippen LogP) is 3.12. The number of methoxy groups -OCH3 is 1. The van der Waals surface area contributed by atoms with Gasteiger partial charge in [0.25, 0.3) is 5.91 Å². The van der Waals surface area contributed by atoms with E-state index in [2.05, 4.69) is 5.32 Å². The van der Waals surface area contributed by atoms with Gasteiger partial charge in [0, 0.05) is 18.8 Å². The number of nitrogens with one attached hydrogen (secondary N) is 1. The smallest absolute Gasteiger partial charge is 0.268 e. The van der Waals surface area contributed by atoms with E-state index in [1.807, 2.05) is 31.2 Å². The summed E-state index contributed by atoms with van der Waals surface area (Å²) in [6, 6.07) is 9.17. The number of hydrogen-bond acceptors (Lipinski definition) is 3. The van der Waals surface area contributed by atoms with Crippen LogP contribution in [0.15, 0.2) is 36.5 Å². The molecule has 0 saturated carbocycles. The number of carbonyl (C=O) groups excluding carboxylic acids is 2. The lowest BCUT2D eigenvalue weighted by Gasteiger charge is -2.18. The minimum atomic E-state index is -0.192. The zero-order valence-electron chi connectivity index (χ0n) is 13.9. The molecular weight excluding hydrogens is 292 g/mol. The lowest BCUT2D eigenvalue weighted by molar-refractivity contribution is 0.0927. The van der Waals surface area contributed by atoms with Crippen LogP contribution in [0.4, 0.5) is 0 Å². The minimum Gasteiger partial charge on any atom is -0.497 e. The summed E-state index contributed by atoms with van der Waals surface area (Å²) in [6.07, 6.45) is 2.44. The fraction of sp³-hybridized carbons (Fsp3) is 0.333. The summed E-state index contributed by atoms with van der Waals surface area (Å²) in [5.74, 6) is 0.535. The molecule has 1 atom stereocenters. The number of carbonyl (C=O) groups is 2. The molecule has 0 saturated heterocycles. The van der Waals surface area contributed by atoms with E-state index < -0.39 is 0 Å². The summed E-state index contributed by atoms with van der Waals surface area (Å²) in [5.41, 5.74) is 2.03. The highest BCUT2D eigenvalue weighted by molar-refractivity contribution is 5.99. The lowest BCUT2D eigenvalue weighted by Crippen LogP contribution is -2.29. The van der Waals surface area contributed by atoms with Crippen molar-refractivity contribution < 1.29 is 14.3 Å². The molecule has 1 aromatic carbocycles. The second-order valence-electron chi connectivity index (χ2n) is 5.49. The Labute approximate surface area is 136 Å². The number of aromatic nitrogens is 1. The third kappa shape index (κ3) is 3.80. The SMILES string of the molecule is CCC(NC(=O)c1cc(C(C)=O)cn1C)c1ccc(OC)cc1. The van der Waals surface area contributed by atoms with E-state index in [4.69, 9.17) is 4.74 Å². The van der Waals surface area contributed by atoms with E-state index in [-0.39, 0.29) is 17.7 Å². The number of amides is 1. The fourth-order valence-electron chi connectivity index (χ4n) is 2.47. The summed E-state index contributed by atoms with van der Waals surface area (Å²) in [5, 5.41) is 3.02. The summed E-state index contributed by atoms with van der Waals surface area (Å²) in [4.78, 5) is 23.9. The lowest BCUT2D eigenvalue weighted by atomic mass is 10.0. The Morgan fingerprint density at radius 2 is 1.91 bits per heavy atom. The first-order valence-corrected chi connectivity index (χ1v) is 7.58. The molecule has 1 N–H and O–H groups in total. The second-order valence-corrected chi connectivity index (χ2v) is 5.49. The van der Waals surface area contributed by atoms with Crippen LogP contribution in [0.1, 0.15) is 52.7 Å². The van der Waals surface area contributed by atoms with Gasteiger partial charge in [-0.3, -0.25) is 9.59 Å². The van der Waals surface area contributed by atoms with Gasteiger partial charge in [0.2, 0.25) is 0 Å². The number of ketones is 1. The van der Waals surface area contributed by atoms with Crippen LogP contribution in [0.25, 0.3) is 0 Å². The van der Waals surface area contributed by atoms with Crippen molar-refractivity contribution in [2.75, 3.05) is 7.11 Å². The van der Waals surface area contributed by atoms with Crippen molar-refractivity contribution in [3.05, 3.63) is 53.3 Å². The third-order valence-electron chi connectivity index (χ3n) is 3.88. The average Bonchev–Trinajstić information content (AvgIpc) is 2.95. The van der Waals surface area contributed by atoms with Gasteiger partial charge < -0.3 is 14.6 Å². The fourth-order valence-corrected chi connectivity index (χ4v) is 2.47. The molecule has 0 spiro atoms. The quantitative estimate of drug-likeness (QED) is 0.833. The van der Waals surface area contributed by atoms with Gasteiger partial charge in [0.15, 0.2) is 5.78 Å². The van der Waals surface area contributed by atoms with E-state index in [1.165, 1.54) is 6.92 Å². The van der Waals surface area contributed by atoms with Gasteiger partial charge in [0.1, 0.15) is 11.4 Å². The molecule has 0 radical (unpaired) electrons. The largest absolute Gasteiger partial charge is 0.497 e. The van der Waals surface area contributed by atoms with Gasteiger partial charge >= 0.3 is 0 Å². The molecule has 1 amide bonds. The molecule has 122 valence electrons. The Hall–Kier alpha value is -2.56. The van der Waals surface area contributed by atoms with Gasteiger partial charge in [-0.25, -0.2) is 0 Å². The first kappa shape index (κ1) is 16.8. The number of benzene rings is 1. The highest BCUT2D eigenvalue weighted by Gasteiger charge is 2.18. The molecule has 1 aromatic heterocycles. The molecule has 0 aliphatic rings. The Morgan fingerprint density at radius 3 is 2.39 bits per heavy atom. The molecule has 2 rings (SSSR count). The van der Waals surface area contributed by atoms with Crippen molar-refractivity contribution >= 4 is 11.7 Å². The van der Waals surface area contributed by atoms with Crippen LogP contribution in [0.3, 0.4) is 0 Å². The maximum absolute atomic E-state index is 12.5. The molecular formula is C18H22N2O3. The van der Waals surface area contributed by atoms with E-state index in [0.717, 1.165) is 17.7 Å². The van der Waals surface area contributed by atoms with Crippen molar-refractivity contribution in [3.63, 3.8) is 0 Å². The molecule has 1 unspecified atom stereocenters. The highest BCUT2D eigenvalue weighted by atomic mass is 16.5. The van der Waals surface area contributed by atoms with Crippen molar-refractivity contribution in [3.8, 4) is 5.75 Å². The van der Waals surface area contributed by atoms with Crippen molar-refractivity contribution in [2.24, 2.45) is 7.05 Å². The number of Topliss-reactive ketones (excluding diaryl/α,β-unsaturated/α-hetero) is 1. The Bertz CT molecular complexity index is 702. The van der Waals surface area contributed by atoms with Gasteiger partial charge in [-0.15, -0.1) is 0 Å². The van der Waals surface area contributed by atoms with E-state index >= 15 is 0 Å². The van der Waals surface area contributed by atoms with Crippen LogP contribution in [-0.2, 0) is 7.05 Å². The average molecular weight is 314 g/mol. The van der Waals surface area contributed by atoms with E-state index in [1.54, 1.807) is 31.0 Å². The Balaban J connectivity index is 2.17. The summed E-state index contributed by atoms with van der Waals surface area (Å²) in [6.45, 7) is 3.50. The first-order valence-electron chi connectivity index (χ1n) is 7.58. The van der Waals surface area contributed by atoms with Crippen LogP contribution in [-0.4, -0.2) is 23.4 Å². The summed E-state index contributed by atoms with van der Waals surface area (Å²) < 4.78 is 6.82. The monoisotopic (exact) mass is 314 g/mol. The first-order chi connectivity index (χ1) is 11.0. The molecule has 5 heteroatoms. The van der Waals surface area contributed by atoms with Crippen LogP contribution in [0.5, 0.6) is 5.75 Å². The second kappa shape index (κ2) is 7.13. The van der Waals surface area contributed by atoms with Gasteiger partial charge in [-0.1, -0.05) is 19.1 Å². The number of rotatable bonds is 6. The van der Waals surface area contributed by atoms with Gasteiger partial charge in [-0.2, -0.15) is 0 Å². The minimum absolute atomic E-state index is 0.0538. The number of ether oxygens (including phenoxy) is 1. The molecule has 0 bridgehead atoms. The molecule has 0 aliphatic carbocycles. The molecule has 5 nitrogen and oxygen atoms in total. The molecule has 1 heterocycles. The number of aryl methyl sites for hydroxylation is 1. The number of nitrogens with zero attached hydrogens (tertiary/aromatic N) is 1. The Morgan fingerprint density at radius 1 is 1.26 bits per heavy atom. The maximum Gasteiger partial charge on any atom is 0.268 e. The van der Waals surface area contributed by atoms with Crippen LogP contribution >= 0.6 is 0 Å². The zero-order chi connectivity index (χ0) is 17.0. The normalized spacial score (nSPS) is 11.8. The van der Waals surface area contributed by atoms with E-state index in [9.17, 15) is 9.59 Å². The summed E-state index contributed by atoms with van der Waals surface area (Å²) in [7, 11) is 3.38. The highest BCUT2D eigenvalue weighted by Crippen LogP contribution is 2.21. The van der Waals surface area contributed by atoms with Crippen LogP contribution in [0, 0.1) is 0 Å². The maximum atomic E-state index is 12.5. The predicted molar refractivity (Wildman–Crippen MR) is 88.9 cm³/mol. The summed E-state index contributed by atoms with van der Waals surface area (Å²) >= 11 is 0. The third-order valence-corrected chi connectivity index (χ3v) is 3.88. The molecule has 0 fully saturated rings. The van der Waals surface area contributed by atoms with E-state index in [0.29, 0.717) is 11.3 Å².